The molecule has 0 amide bonds. The molecule has 2 aliphatic rings. The molecule has 1 saturated carbocycles. The molecule has 2 fully saturated rings. The van der Waals surface area contributed by atoms with Gasteiger partial charge >= 0.3 is 5.97 Å². The third kappa shape index (κ3) is 2.35. The van der Waals surface area contributed by atoms with E-state index in [2.05, 4.69) is 29.2 Å². The average molecular weight is 273 g/mol. The molecule has 1 aliphatic heterocycles. The van der Waals surface area contributed by atoms with E-state index < -0.39 is 0 Å². The van der Waals surface area contributed by atoms with Crippen LogP contribution in [0.2, 0.25) is 0 Å². The Morgan fingerprint density at radius 2 is 2.20 bits per heavy atom. The van der Waals surface area contributed by atoms with Crippen LogP contribution in [-0.2, 0) is 16.1 Å². The van der Waals surface area contributed by atoms with Crippen LogP contribution in [0.25, 0.3) is 0 Å². The maximum Gasteiger partial charge on any atom is 0.313 e. The highest BCUT2D eigenvalue weighted by molar-refractivity contribution is 5.78. The van der Waals surface area contributed by atoms with E-state index >= 15 is 0 Å². The Bertz CT molecular complexity index is 473. The highest BCUT2D eigenvalue weighted by Crippen LogP contribution is 2.49. The van der Waals surface area contributed by atoms with Crippen molar-refractivity contribution in [2.24, 2.45) is 11.3 Å². The number of fused-ring (bicyclic) bond motifs is 1. The van der Waals surface area contributed by atoms with Gasteiger partial charge in [0, 0.05) is 19.6 Å². The van der Waals surface area contributed by atoms with Crippen molar-refractivity contribution in [1.82, 2.24) is 4.90 Å². The van der Waals surface area contributed by atoms with Crippen LogP contribution in [0, 0.1) is 11.3 Å². The van der Waals surface area contributed by atoms with Crippen molar-refractivity contribution in [1.29, 1.82) is 0 Å². The van der Waals surface area contributed by atoms with Gasteiger partial charge in [-0.2, -0.15) is 0 Å². The monoisotopic (exact) mass is 273 g/mol. The van der Waals surface area contributed by atoms with Gasteiger partial charge in [0.1, 0.15) is 0 Å². The van der Waals surface area contributed by atoms with Gasteiger partial charge < -0.3 is 4.74 Å². The van der Waals surface area contributed by atoms with Crippen LogP contribution in [0.5, 0.6) is 0 Å². The molecule has 0 bridgehead atoms. The lowest BCUT2D eigenvalue weighted by molar-refractivity contribution is -0.156. The van der Waals surface area contributed by atoms with Crippen LogP contribution < -0.4 is 0 Å². The summed E-state index contributed by atoms with van der Waals surface area (Å²) >= 11 is 0. The van der Waals surface area contributed by atoms with Crippen LogP contribution in [0.1, 0.15) is 31.7 Å². The number of nitrogens with zero attached hydrogens (tertiary/aromatic N) is 1. The normalized spacial score (nSPS) is 29.4. The largest absolute Gasteiger partial charge is 0.466 e. The molecular formula is C17H23NO2. The lowest BCUT2D eigenvalue weighted by Gasteiger charge is -2.26. The Labute approximate surface area is 120 Å². The summed E-state index contributed by atoms with van der Waals surface area (Å²) in [5.74, 6) is 0.531. The maximum atomic E-state index is 12.4. The fraction of sp³-hybridized carbons (Fsp3) is 0.588. The zero-order chi connectivity index (χ0) is 14.0. The molecule has 1 aromatic rings. The Morgan fingerprint density at radius 1 is 1.40 bits per heavy atom. The number of hydrogen-bond acceptors (Lipinski definition) is 3. The standard InChI is InChI=1S/C17H23NO2/c1-2-20-16(19)17-10-6-9-15(17)12-18(13-17)11-14-7-4-3-5-8-14/h3-5,7-8,15H,2,6,9-13H2,1H3/t15-,17+/m1/s1. The number of hydrogen-bond donors (Lipinski definition) is 0. The summed E-state index contributed by atoms with van der Waals surface area (Å²) in [5.41, 5.74) is 1.11. The summed E-state index contributed by atoms with van der Waals surface area (Å²) in [6.07, 6.45) is 3.34. The quantitative estimate of drug-likeness (QED) is 0.790. The minimum absolute atomic E-state index is 0.0399. The summed E-state index contributed by atoms with van der Waals surface area (Å²) in [5, 5.41) is 0. The molecule has 0 aromatic heterocycles. The molecule has 1 aliphatic carbocycles. The second-order valence-electron chi connectivity index (χ2n) is 6.12. The number of carbonyl (C=O) groups is 1. The minimum Gasteiger partial charge on any atom is -0.466 e. The lowest BCUT2D eigenvalue weighted by atomic mass is 9.81. The second-order valence-corrected chi connectivity index (χ2v) is 6.12. The SMILES string of the molecule is CCOC(=O)[C@]12CCC[C@@H]1CN(Cc1ccccc1)C2. The zero-order valence-corrected chi connectivity index (χ0v) is 12.2. The highest BCUT2D eigenvalue weighted by Gasteiger charge is 2.55. The van der Waals surface area contributed by atoms with E-state index in [1.165, 1.54) is 18.4 Å². The fourth-order valence-electron chi connectivity index (χ4n) is 3.96. The predicted molar refractivity (Wildman–Crippen MR) is 78.1 cm³/mol. The van der Waals surface area contributed by atoms with Gasteiger partial charge in [0.2, 0.25) is 0 Å². The van der Waals surface area contributed by atoms with E-state index in [1.54, 1.807) is 0 Å². The Balaban J connectivity index is 1.72. The van der Waals surface area contributed by atoms with Crippen molar-refractivity contribution in [3.8, 4) is 0 Å². The van der Waals surface area contributed by atoms with Crippen LogP contribution >= 0.6 is 0 Å². The molecule has 0 unspecified atom stereocenters. The van der Waals surface area contributed by atoms with E-state index in [0.717, 1.165) is 26.1 Å². The van der Waals surface area contributed by atoms with Gasteiger partial charge in [0.25, 0.3) is 0 Å². The molecule has 2 atom stereocenters. The molecule has 0 N–H and O–H groups in total. The first-order chi connectivity index (χ1) is 9.74. The summed E-state index contributed by atoms with van der Waals surface area (Å²) in [7, 11) is 0. The van der Waals surface area contributed by atoms with Gasteiger partial charge in [-0.25, -0.2) is 0 Å². The number of esters is 1. The van der Waals surface area contributed by atoms with Crippen molar-refractivity contribution < 1.29 is 9.53 Å². The van der Waals surface area contributed by atoms with E-state index in [4.69, 9.17) is 4.74 Å². The smallest absolute Gasteiger partial charge is 0.313 e. The lowest BCUT2D eigenvalue weighted by Crippen LogP contribution is -2.37. The molecule has 20 heavy (non-hydrogen) atoms. The molecule has 0 spiro atoms. The van der Waals surface area contributed by atoms with Crippen molar-refractivity contribution >= 4 is 5.97 Å². The molecule has 3 heteroatoms. The maximum absolute atomic E-state index is 12.4. The minimum atomic E-state index is -0.217. The van der Waals surface area contributed by atoms with Crippen molar-refractivity contribution in [2.75, 3.05) is 19.7 Å². The van der Waals surface area contributed by atoms with Gasteiger partial charge in [-0.3, -0.25) is 9.69 Å². The van der Waals surface area contributed by atoms with Crippen molar-refractivity contribution in [3.05, 3.63) is 35.9 Å². The molecule has 3 rings (SSSR count). The summed E-state index contributed by atoms with van der Waals surface area (Å²) < 4.78 is 5.36. The molecule has 3 nitrogen and oxygen atoms in total. The molecule has 108 valence electrons. The first-order valence-electron chi connectivity index (χ1n) is 7.68. The molecule has 1 saturated heterocycles. The first kappa shape index (κ1) is 13.6. The van der Waals surface area contributed by atoms with E-state index in [9.17, 15) is 4.79 Å². The number of benzene rings is 1. The zero-order valence-electron chi connectivity index (χ0n) is 12.2. The Hall–Kier alpha value is -1.35. The van der Waals surface area contributed by atoms with Crippen LogP contribution in [0.4, 0.5) is 0 Å². The summed E-state index contributed by atoms with van der Waals surface area (Å²) in [6, 6.07) is 10.5. The third-order valence-electron chi connectivity index (χ3n) is 4.87. The number of rotatable bonds is 4. The molecule has 1 aromatic carbocycles. The van der Waals surface area contributed by atoms with Crippen LogP contribution in [-0.4, -0.2) is 30.6 Å². The van der Waals surface area contributed by atoms with E-state index in [1.807, 2.05) is 13.0 Å². The van der Waals surface area contributed by atoms with Gasteiger partial charge in [-0.05, 0) is 31.2 Å². The number of ether oxygens (including phenoxy) is 1. The highest BCUT2D eigenvalue weighted by atomic mass is 16.5. The average Bonchev–Trinajstić information content (AvgIpc) is 2.97. The topological polar surface area (TPSA) is 29.5 Å². The summed E-state index contributed by atoms with van der Waals surface area (Å²) in [6.45, 7) is 5.23. The Morgan fingerprint density at radius 3 is 2.95 bits per heavy atom. The van der Waals surface area contributed by atoms with Gasteiger partial charge in [-0.15, -0.1) is 0 Å². The van der Waals surface area contributed by atoms with Gasteiger partial charge in [0.05, 0.1) is 12.0 Å². The third-order valence-corrected chi connectivity index (χ3v) is 4.87. The molecule has 0 radical (unpaired) electrons. The fourth-order valence-corrected chi connectivity index (χ4v) is 3.96. The summed E-state index contributed by atoms with van der Waals surface area (Å²) in [4.78, 5) is 14.8. The predicted octanol–water partition coefficient (Wildman–Crippen LogP) is 2.85. The molecular weight excluding hydrogens is 250 g/mol. The first-order valence-corrected chi connectivity index (χ1v) is 7.68. The van der Waals surface area contributed by atoms with Gasteiger partial charge in [0.15, 0.2) is 0 Å². The van der Waals surface area contributed by atoms with Gasteiger partial charge in [-0.1, -0.05) is 36.8 Å². The van der Waals surface area contributed by atoms with E-state index in [0.29, 0.717) is 12.5 Å². The van der Waals surface area contributed by atoms with Crippen LogP contribution in [0.15, 0.2) is 30.3 Å². The van der Waals surface area contributed by atoms with Crippen LogP contribution in [0.3, 0.4) is 0 Å². The van der Waals surface area contributed by atoms with Crippen molar-refractivity contribution in [2.45, 2.75) is 32.7 Å². The second kappa shape index (κ2) is 5.57. The number of likely N-dealkylation sites (tertiary alicyclic amines) is 1. The Kier molecular flexibility index (Phi) is 3.79. The molecule has 1 heterocycles. The van der Waals surface area contributed by atoms with E-state index in [-0.39, 0.29) is 11.4 Å². The van der Waals surface area contributed by atoms with Crippen molar-refractivity contribution in [3.63, 3.8) is 0 Å². The number of carbonyl (C=O) groups excluding carboxylic acids is 1.